The van der Waals surface area contributed by atoms with Gasteiger partial charge in [-0.05, 0) is 11.7 Å². The molecule has 1 heterocycles. The van der Waals surface area contributed by atoms with Gasteiger partial charge in [-0.15, -0.1) is 30.6 Å². The van der Waals surface area contributed by atoms with Crippen molar-refractivity contribution in [2.45, 2.75) is 30.7 Å². The molecular formula is C5H11Br2Si2. The first kappa shape index (κ1) is 8.49. The van der Waals surface area contributed by atoms with Gasteiger partial charge in [0.25, 0.3) is 0 Å². The highest BCUT2D eigenvalue weighted by molar-refractivity contribution is 9.51. The van der Waals surface area contributed by atoms with Crippen LogP contribution >= 0.6 is 30.6 Å². The highest BCUT2D eigenvalue weighted by Crippen LogP contribution is 2.37. The summed E-state index contributed by atoms with van der Waals surface area (Å²) in [4.78, 5) is 0. The molecule has 1 rings (SSSR count). The molecule has 1 aliphatic rings. The molecule has 0 unspecified atom stereocenters. The number of rotatable bonds is 0. The molecule has 1 aliphatic heterocycles. The summed E-state index contributed by atoms with van der Waals surface area (Å²) in [5.41, 5.74) is 1.51. The largest absolute Gasteiger partial charge is 0.198 e. The highest BCUT2D eigenvalue weighted by atomic mass is 79.9. The summed E-state index contributed by atoms with van der Waals surface area (Å²) >= 11 is 7.63. The van der Waals surface area contributed by atoms with Crippen LogP contribution in [0, 0.1) is 0 Å². The molecule has 0 bridgehead atoms. The van der Waals surface area contributed by atoms with Gasteiger partial charge >= 0.3 is 0 Å². The van der Waals surface area contributed by atoms with Crippen LogP contribution in [0.4, 0.5) is 0 Å². The Morgan fingerprint density at radius 1 is 1.44 bits per heavy atom. The van der Waals surface area contributed by atoms with E-state index in [4.69, 9.17) is 0 Å². The van der Waals surface area contributed by atoms with Crippen molar-refractivity contribution in [3.63, 3.8) is 0 Å². The SMILES string of the molecule is C[Si]1CCC[Si](Br)(Br)C1. The van der Waals surface area contributed by atoms with Crippen LogP contribution in [0.5, 0.6) is 0 Å². The normalized spacial score (nSPS) is 28.3. The molecule has 0 aromatic carbocycles. The molecule has 0 nitrogen and oxygen atoms in total. The Hall–Kier alpha value is 1.39. The minimum absolute atomic E-state index is 0.0684. The molecule has 1 fully saturated rings. The van der Waals surface area contributed by atoms with Gasteiger partial charge in [-0.25, -0.2) is 0 Å². The Morgan fingerprint density at radius 3 is 2.44 bits per heavy atom. The standard InChI is InChI=1S/C5H11Br2Si2/c1-8-3-2-4-9(6,7)5-8/h2-5H2,1H3. The second kappa shape index (κ2) is 3.19. The molecule has 9 heavy (non-hydrogen) atoms. The lowest BCUT2D eigenvalue weighted by molar-refractivity contribution is 1.02. The van der Waals surface area contributed by atoms with Gasteiger partial charge < -0.3 is 0 Å². The second-order valence-corrected chi connectivity index (χ2v) is 21.2. The lowest BCUT2D eigenvalue weighted by Gasteiger charge is -2.26. The Balaban J connectivity index is 2.41. The topological polar surface area (TPSA) is 0 Å². The van der Waals surface area contributed by atoms with E-state index in [2.05, 4.69) is 37.1 Å². The van der Waals surface area contributed by atoms with Crippen LogP contribution in [0.15, 0.2) is 0 Å². The smallest absolute Gasteiger partial charge is 0.111 e. The van der Waals surface area contributed by atoms with E-state index in [1.54, 1.807) is 0 Å². The Bertz CT molecular complexity index is 105. The number of hydrogen-bond acceptors (Lipinski definition) is 0. The molecule has 0 aliphatic carbocycles. The lowest BCUT2D eigenvalue weighted by Crippen LogP contribution is -2.30. The van der Waals surface area contributed by atoms with Crippen molar-refractivity contribution in [3.05, 3.63) is 0 Å². The number of hydrogen-bond donors (Lipinski definition) is 0. The van der Waals surface area contributed by atoms with E-state index in [-0.39, 0.29) is 8.80 Å². The first-order chi connectivity index (χ1) is 4.10. The van der Waals surface area contributed by atoms with Gasteiger partial charge in [0.1, 0.15) is 0 Å². The molecular weight excluding hydrogens is 276 g/mol. The van der Waals surface area contributed by atoms with Gasteiger partial charge in [0, 0.05) is 8.80 Å². The van der Waals surface area contributed by atoms with E-state index in [0.717, 1.165) is 0 Å². The van der Waals surface area contributed by atoms with Gasteiger partial charge in [-0.3, -0.25) is 0 Å². The minimum Gasteiger partial charge on any atom is -0.111 e. The van der Waals surface area contributed by atoms with Crippen LogP contribution in [0.3, 0.4) is 0 Å². The average Bonchev–Trinajstić information content (AvgIpc) is 1.60. The quantitative estimate of drug-likeness (QED) is 0.474. The van der Waals surface area contributed by atoms with Crippen molar-refractivity contribution in [3.8, 4) is 0 Å². The predicted octanol–water partition coefficient (Wildman–Crippen LogP) is 3.29. The zero-order chi connectivity index (χ0) is 6.91. The Kier molecular flexibility index (Phi) is 3.01. The molecule has 0 atom stereocenters. The third-order valence-electron chi connectivity index (χ3n) is 1.71. The van der Waals surface area contributed by atoms with Crippen LogP contribution in [-0.2, 0) is 0 Å². The Labute approximate surface area is 75.2 Å². The fourth-order valence-electron chi connectivity index (χ4n) is 1.27. The van der Waals surface area contributed by atoms with Crippen LogP contribution < -0.4 is 0 Å². The fraction of sp³-hybridized carbons (Fsp3) is 1.00. The fourth-order valence-corrected chi connectivity index (χ4v) is 18.3. The molecule has 4 heteroatoms. The van der Waals surface area contributed by atoms with Crippen LogP contribution in [0.1, 0.15) is 6.42 Å². The van der Waals surface area contributed by atoms with Gasteiger partial charge in [-0.2, -0.15) is 0 Å². The summed E-state index contributed by atoms with van der Waals surface area (Å²) in [6, 6.07) is 2.98. The summed E-state index contributed by atoms with van der Waals surface area (Å²) in [5, 5.41) is -0.983. The van der Waals surface area contributed by atoms with E-state index >= 15 is 0 Å². The zero-order valence-electron chi connectivity index (χ0n) is 5.58. The van der Waals surface area contributed by atoms with Crippen LogP contribution in [0.2, 0.25) is 24.3 Å². The lowest BCUT2D eigenvalue weighted by atomic mass is 10.6. The third-order valence-corrected chi connectivity index (χ3v) is 15.9. The van der Waals surface area contributed by atoms with Crippen LogP contribution in [-0.4, -0.2) is 14.1 Å². The average molecular weight is 287 g/mol. The maximum absolute atomic E-state index is 3.81. The molecule has 0 saturated carbocycles. The summed E-state index contributed by atoms with van der Waals surface area (Å²) in [7, 11) is 0.0684. The maximum Gasteiger partial charge on any atom is 0.198 e. The molecule has 0 spiro atoms. The van der Waals surface area contributed by atoms with Crippen molar-refractivity contribution in [1.29, 1.82) is 0 Å². The summed E-state index contributed by atoms with van der Waals surface area (Å²) in [5.74, 6) is 0. The predicted molar refractivity (Wildman–Crippen MR) is 54.3 cm³/mol. The van der Waals surface area contributed by atoms with E-state index in [9.17, 15) is 0 Å². The van der Waals surface area contributed by atoms with E-state index in [1.165, 1.54) is 24.2 Å². The van der Waals surface area contributed by atoms with Crippen molar-refractivity contribution < 1.29 is 0 Å². The zero-order valence-corrected chi connectivity index (χ0v) is 10.8. The molecule has 1 saturated heterocycles. The van der Waals surface area contributed by atoms with Gasteiger partial charge in [0.2, 0.25) is 0 Å². The molecule has 0 aromatic heterocycles. The highest BCUT2D eigenvalue weighted by Gasteiger charge is 2.32. The van der Waals surface area contributed by atoms with Crippen LogP contribution in [0.25, 0.3) is 0 Å². The summed E-state index contributed by atoms with van der Waals surface area (Å²) in [6.07, 6.45) is 1.47. The molecule has 0 amide bonds. The van der Waals surface area contributed by atoms with Gasteiger partial charge in [0.05, 0.1) is 0 Å². The minimum atomic E-state index is -0.983. The number of halogens is 2. The maximum atomic E-state index is 3.81. The van der Waals surface area contributed by atoms with Crippen molar-refractivity contribution in [1.82, 2.24) is 0 Å². The van der Waals surface area contributed by atoms with Crippen molar-refractivity contribution >= 4 is 44.7 Å². The molecule has 0 aromatic rings. The monoisotopic (exact) mass is 285 g/mol. The van der Waals surface area contributed by atoms with E-state index < -0.39 is 5.31 Å². The second-order valence-electron chi connectivity index (χ2n) is 2.84. The first-order valence-electron chi connectivity index (χ1n) is 3.29. The van der Waals surface area contributed by atoms with E-state index in [1.807, 2.05) is 0 Å². The summed E-state index contributed by atoms with van der Waals surface area (Å²) < 4.78 is 0. The third kappa shape index (κ3) is 2.86. The molecule has 53 valence electrons. The van der Waals surface area contributed by atoms with Gasteiger partial charge in [0.15, 0.2) is 5.31 Å². The molecule has 1 radical (unpaired) electrons. The first-order valence-corrected chi connectivity index (χ1v) is 12.6. The van der Waals surface area contributed by atoms with E-state index in [0.29, 0.717) is 0 Å². The van der Waals surface area contributed by atoms with Crippen molar-refractivity contribution in [2.24, 2.45) is 0 Å². The van der Waals surface area contributed by atoms with Gasteiger partial charge in [-0.1, -0.05) is 19.0 Å². The molecule has 0 N–H and O–H groups in total. The Morgan fingerprint density at radius 2 is 2.11 bits per heavy atom. The van der Waals surface area contributed by atoms with Crippen molar-refractivity contribution in [2.75, 3.05) is 0 Å². The summed E-state index contributed by atoms with van der Waals surface area (Å²) in [6.45, 7) is 2.45.